The van der Waals surface area contributed by atoms with Crippen LogP contribution in [0.25, 0.3) is 0 Å². The molecule has 0 atom stereocenters. The molecule has 0 bridgehead atoms. The predicted octanol–water partition coefficient (Wildman–Crippen LogP) is -13.1. The van der Waals surface area contributed by atoms with Gasteiger partial charge in [0, 0.05) is 0 Å². The van der Waals surface area contributed by atoms with Gasteiger partial charge in [-0.25, -0.2) is 0 Å². The van der Waals surface area contributed by atoms with Crippen LogP contribution in [0, 0.1) is 0 Å². The van der Waals surface area contributed by atoms with E-state index in [4.69, 9.17) is 75.0 Å². The summed E-state index contributed by atoms with van der Waals surface area (Å²) in [6.45, 7) is 0. The van der Waals surface area contributed by atoms with Crippen LogP contribution < -0.4 is 51.1 Å². The summed E-state index contributed by atoms with van der Waals surface area (Å²) in [5, 5.41) is 83.3. The SMILES string of the molecule is O.O=C([O-])[O-].O=C([O-])[O-].O=C([O-])[O-].O=C([O-])[O-].O=C([O-])[O-].[Nb+5].[Nb+5]. The first-order valence-electron chi connectivity index (χ1n) is 3.06. The minimum Gasteiger partial charge on any atom is -0.652 e. The topological polar surface area (TPSA) is 347 Å². The van der Waals surface area contributed by atoms with Crippen LogP contribution in [0.2, 0.25) is 0 Å². The maximum atomic E-state index is 8.33. The molecular weight excluding hydrogens is 502 g/mol. The average molecular weight is 504 g/mol. The Balaban J connectivity index is -0.0000000197. The molecule has 0 aromatic rings. The Morgan fingerprint density at radius 3 is 0.348 bits per heavy atom. The van der Waals surface area contributed by atoms with E-state index in [0.717, 1.165) is 0 Å². The van der Waals surface area contributed by atoms with Crippen LogP contribution in [0.5, 0.6) is 0 Å². The van der Waals surface area contributed by atoms with Gasteiger partial charge in [0.05, 0.1) is 0 Å². The van der Waals surface area contributed by atoms with Crippen molar-refractivity contribution in [3.8, 4) is 0 Å². The van der Waals surface area contributed by atoms with Gasteiger partial charge in [0.15, 0.2) is 0 Å². The van der Waals surface area contributed by atoms with Gasteiger partial charge in [-0.05, 0) is 30.8 Å². The molecule has 0 rings (SSSR count). The Morgan fingerprint density at radius 2 is 0.348 bits per heavy atom. The molecule has 16 nitrogen and oxygen atoms in total. The molecule has 18 heteroatoms. The first kappa shape index (κ1) is 49.8. The monoisotopic (exact) mass is 504 g/mol. The minimum absolute atomic E-state index is 0. The van der Waals surface area contributed by atoms with Crippen molar-refractivity contribution in [2.24, 2.45) is 0 Å². The second-order valence-electron chi connectivity index (χ2n) is 1.25. The Morgan fingerprint density at radius 1 is 0.348 bits per heavy atom. The third-order valence-electron chi connectivity index (χ3n) is 0. The van der Waals surface area contributed by atoms with Crippen molar-refractivity contribution in [3.05, 3.63) is 0 Å². The van der Waals surface area contributed by atoms with Crippen LogP contribution in [0.15, 0.2) is 0 Å². The maximum Gasteiger partial charge on any atom is 5.00 e. The predicted molar refractivity (Wildman–Crippen MR) is 30.6 cm³/mol. The summed E-state index contributed by atoms with van der Waals surface area (Å²) >= 11 is 0. The molecule has 0 amide bonds. The standard InChI is InChI=1S/5CH2O3.2Nb.H2O/c5*2-1(3)4;;;/h5*(H2,2,3,4);;;1H2/q;;;;;2*+5;/p-10. The number of carboxylic acid groups (broad SMARTS) is 10. The van der Waals surface area contributed by atoms with Gasteiger partial charge in [-0.15, -0.1) is 0 Å². The molecule has 0 aliphatic rings. The zero-order chi connectivity index (χ0) is 17.9. The maximum absolute atomic E-state index is 8.33. The van der Waals surface area contributed by atoms with E-state index >= 15 is 0 Å². The molecule has 128 valence electrons. The Hall–Kier alpha value is -2.21. The quantitative estimate of drug-likeness (QED) is 0.276. The third kappa shape index (κ3) is 1280. The van der Waals surface area contributed by atoms with Crippen molar-refractivity contribution in [1.29, 1.82) is 0 Å². The van der Waals surface area contributed by atoms with E-state index in [1.165, 1.54) is 0 Å². The van der Waals surface area contributed by atoms with Gasteiger partial charge < -0.3 is 80.5 Å². The van der Waals surface area contributed by atoms with Gasteiger partial charge in [-0.2, -0.15) is 0 Å². The van der Waals surface area contributed by atoms with E-state index in [0.29, 0.717) is 0 Å². The molecule has 0 heterocycles. The molecule has 0 aromatic heterocycles. The number of hydrogen-bond donors (Lipinski definition) is 0. The van der Waals surface area contributed by atoms with E-state index in [2.05, 4.69) is 0 Å². The smallest absolute Gasteiger partial charge is 0.652 e. The molecule has 0 spiro atoms. The van der Waals surface area contributed by atoms with Gasteiger partial charge in [0.1, 0.15) is 0 Å². The molecule has 0 aliphatic heterocycles. The summed E-state index contributed by atoms with van der Waals surface area (Å²) < 4.78 is 0. The van der Waals surface area contributed by atoms with Crippen molar-refractivity contribution in [2.75, 3.05) is 0 Å². The fraction of sp³-hybridized carbons (Fsp3) is 0. The fourth-order valence-corrected chi connectivity index (χ4v) is 0. The number of rotatable bonds is 0. The van der Waals surface area contributed by atoms with Gasteiger partial charge in [0.25, 0.3) is 0 Å². The van der Waals surface area contributed by atoms with Crippen molar-refractivity contribution in [1.82, 2.24) is 0 Å². The summed E-state index contributed by atoms with van der Waals surface area (Å²) in [6.07, 6.45) is -11.7. The average Bonchev–Trinajstić information content (AvgIpc) is 1.94. The molecule has 0 saturated heterocycles. The summed E-state index contributed by atoms with van der Waals surface area (Å²) in [4.78, 5) is 41.7. The third-order valence-corrected chi connectivity index (χ3v) is 0. The van der Waals surface area contributed by atoms with E-state index < -0.39 is 30.8 Å². The van der Waals surface area contributed by atoms with Crippen LogP contribution in [0.4, 0.5) is 24.0 Å². The molecule has 0 radical (unpaired) electrons. The number of hydrogen-bond acceptors (Lipinski definition) is 15. The molecule has 23 heavy (non-hydrogen) atoms. The van der Waals surface area contributed by atoms with E-state index in [1.54, 1.807) is 0 Å². The molecule has 2 N–H and O–H groups in total. The Kier molecular flexibility index (Phi) is 92.4. The van der Waals surface area contributed by atoms with Crippen molar-refractivity contribution < 1.29 is 125 Å². The van der Waals surface area contributed by atoms with Crippen LogP contribution in [-0.2, 0) is 44.8 Å². The number of carbonyl (C=O) groups is 5. The van der Waals surface area contributed by atoms with Crippen molar-refractivity contribution >= 4 is 30.8 Å². The van der Waals surface area contributed by atoms with Crippen LogP contribution in [0.3, 0.4) is 0 Å². The Bertz CT molecular complexity index is 211. The number of carbonyl (C=O) groups excluding carboxylic acids is 5. The summed E-state index contributed by atoms with van der Waals surface area (Å²) in [5.41, 5.74) is 0. The molecular formula is C5H2Nb2O16. The van der Waals surface area contributed by atoms with Gasteiger partial charge >= 0.3 is 44.8 Å². The van der Waals surface area contributed by atoms with Crippen molar-refractivity contribution in [2.45, 2.75) is 0 Å². The van der Waals surface area contributed by atoms with Crippen LogP contribution in [0.1, 0.15) is 0 Å². The molecule has 0 aliphatic carbocycles. The zero-order valence-corrected chi connectivity index (χ0v) is 14.4. The fourth-order valence-electron chi connectivity index (χ4n) is 0. The molecule has 0 aromatic carbocycles. The molecule has 0 unspecified atom stereocenters. The molecule has 0 saturated carbocycles. The summed E-state index contributed by atoms with van der Waals surface area (Å²) in [7, 11) is 0. The zero-order valence-electron chi connectivity index (χ0n) is 10.0. The molecule has 0 fully saturated rings. The van der Waals surface area contributed by atoms with Crippen LogP contribution >= 0.6 is 0 Å². The second-order valence-corrected chi connectivity index (χ2v) is 1.25. The Labute approximate surface area is 156 Å². The van der Waals surface area contributed by atoms with Crippen molar-refractivity contribution in [3.63, 3.8) is 0 Å². The van der Waals surface area contributed by atoms with Gasteiger partial charge in [-0.1, -0.05) is 0 Å². The van der Waals surface area contributed by atoms with E-state index in [-0.39, 0.29) is 50.2 Å². The van der Waals surface area contributed by atoms with Crippen LogP contribution in [-0.4, -0.2) is 36.3 Å². The van der Waals surface area contributed by atoms with E-state index in [9.17, 15) is 0 Å². The normalized spacial score (nSPS) is 5.22. The first-order valence-corrected chi connectivity index (χ1v) is 3.06. The first-order chi connectivity index (χ1) is 8.66. The van der Waals surface area contributed by atoms with E-state index in [1.807, 2.05) is 0 Å². The summed E-state index contributed by atoms with van der Waals surface area (Å²) in [5.74, 6) is 0. The largest absolute Gasteiger partial charge is 5.00 e. The second kappa shape index (κ2) is 42.7. The minimum atomic E-state index is -2.33. The van der Waals surface area contributed by atoms with Gasteiger partial charge in [0.2, 0.25) is 0 Å². The summed E-state index contributed by atoms with van der Waals surface area (Å²) in [6, 6.07) is 0. The van der Waals surface area contributed by atoms with Gasteiger partial charge in [-0.3, -0.25) is 0 Å².